The summed E-state index contributed by atoms with van der Waals surface area (Å²) in [5.74, 6) is 2.58. The van der Waals surface area contributed by atoms with Crippen molar-refractivity contribution >= 4 is 11.8 Å². The molecule has 0 aromatic carbocycles. The fraction of sp³-hybridized carbons (Fsp3) is 1.00. The Balaban J connectivity index is 1.60. The highest BCUT2D eigenvalue weighted by Crippen LogP contribution is 2.17. The van der Waals surface area contributed by atoms with Crippen LogP contribution in [-0.4, -0.2) is 36.7 Å². The Morgan fingerprint density at radius 3 is 2.79 bits per heavy atom. The molecule has 1 saturated heterocycles. The summed E-state index contributed by atoms with van der Waals surface area (Å²) in [6.45, 7) is 2.37. The lowest BCUT2D eigenvalue weighted by Crippen LogP contribution is -2.47. The fourth-order valence-electron chi connectivity index (χ4n) is 2.37. The second-order valence-electron chi connectivity index (χ2n) is 4.47. The van der Waals surface area contributed by atoms with Gasteiger partial charge in [-0.1, -0.05) is 19.3 Å². The third kappa shape index (κ3) is 3.44. The molecule has 2 nitrogen and oxygen atoms in total. The normalized spacial score (nSPS) is 30.4. The van der Waals surface area contributed by atoms with Crippen LogP contribution in [0.15, 0.2) is 0 Å². The van der Waals surface area contributed by atoms with Gasteiger partial charge in [-0.05, 0) is 12.8 Å². The number of hydrogen-bond donors (Lipinski definition) is 2. The van der Waals surface area contributed by atoms with Crippen molar-refractivity contribution in [2.75, 3.05) is 24.6 Å². The molecule has 2 N–H and O–H groups in total. The monoisotopic (exact) mass is 214 g/mol. The maximum Gasteiger partial charge on any atom is 0.0283 e. The zero-order chi connectivity index (χ0) is 9.64. The zero-order valence-electron chi connectivity index (χ0n) is 8.93. The van der Waals surface area contributed by atoms with E-state index in [2.05, 4.69) is 22.4 Å². The first-order chi connectivity index (χ1) is 6.95. The molecule has 0 radical (unpaired) electrons. The molecule has 1 heterocycles. The molecular formula is C11H22N2S. The highest BCUT2D eigenvalue weighted by atomic mass is 32.2. The zero-order valence-corrected chi connectivity index (χ0v) is 9.74. The molecule has 1 atom stereocenters. The van der Waals surface area contributed by atoms with Crippen LogP contribution in [0.25, 0.3) is 0 Å². The molecule has 1 aliphatic heterocycles. The van der Waals surface area contributed by atoms with Gasteiger partial charge in [0.1, 0.15) is 0 Å². The Bertz CT molecular complexity index is 133. The van der Waals surface area contributed by atoms with Crippen LogP contribution < -0.4 is 10.6 Å². The Morgan fingerprint density at radius 2 is 2.07 bits per heavy atom. The third-order valence-electron chi connectivity index (χ3n) is 3.26. The van der Waals surface area contributed by atoms with Gasteiger partial charge in [-0.15, -0.1) is 0 Å². The van der Waals surface area contributed by atoms with E-state index in [1.165, 1.54) is 56.7 Å². The highest BCUT2D eigenvalue weighted by Gasteiger charge is 2.16. The van der Waals surface area contributed by atoms with Crippen molar-refractivity contribution < 1.29 is 0 Å². The first-order valence-electron chi connectivity index (χ1n) is 5.99. The average molecular weight is 214 g/mol. The SMILES string of the molecule is C1CCC(NCC2CSCCN2)CC1. The fourth-order valence-corrected chi connectivity index (χ4v) is 3.32. The lowest BCUT2D eigenvalue weighted by Gasteiger charge is -2.28. The molecule has 2 fully saturated rings. The second kappa shape index (κ2) is 5.99. The van der Waals surface area contributed by atoms with Crippen LogP contribution in [-0.2, 0) is 0 Å². The Hall–Kier alpha value is 0.270. The Kier molecular flexibility index (Phi) is 4.61. The summed E-state index contributed by atoms with van der Waals surface area (Å²) in [4.78, 5) is 0. The summed E-state index contributed by atoms with van der Waals surface area (Å²) in [5.41, 5.74) is 0. The van der Waals surface area contributed by atoms with Crippen LogP contribution in [0.1, 0.15) is 32.1 Å². The Labute approximate surface area is 91.6 Å². The van der Waals surface area contributed by atoms with E-state index in [1.54, 1.807) is 0 Å². The number of nitrogens with one attached hydrogen (secondary N) is 2. The van der Waals surface area contributed by atoms with Crippen molar-refractivity contribution in [2.45, 2.75) is 44.2 Å². The summed E-state index contributed by atoms with van der Waals surface area (Å²) in [6.07, 6.45) is 7.13. The van der Waals surface area contributed by atoms with E-state index < -0.39 is 0 Å². The van der Waals surface area contributed by atoms with Gasteiger partial charge in [-0.3, -0.25) is 0 Å². The molecule has 3 heteroatoms. The summed E-state index contributed by atoms with van der Waals surface area (Å²) >= 11 is 2.09. The quantitative estimate of drug-likeness (QED) is 0.746. The molecule has 0 amide bonds. The van der Waals surface area contributed by atoms with E-state index in [9.17, 15) is 0 Å². The summed E-state index contributed by atoms with van der Waals surface area (Å²) in [7, 11) is 0. The largest absolute Gasteiger partial charge is 0.312 e. The highest BCUT2D eigenvalue weighted by molar-refractivity contribution is 7.99. The van der Waals surface area contributed by atoms with Crippen LogP contribution >= 0.6 is 11.8 Å². The van der Waals surface area contributed by atoms with Gasteiger partial charge in [0.15, 0.2) is 0 Å². The molecule has 1 unspecified atom stereocenters. The van der Waals surface area contributed by atoms with Crippen LogP contribution in [0.2, 0.25) is 0 Å². The number of hydrogen-bond acceptors (Lipinski definition) is 3. The van der Waals surface area contributed by atoms with Gasteiger partial charge in [0.2, 0.25) is 0 Å². The van der Waals surface area contributed by atoms with Crippen molar-refractivity contribution in [1.29, 1.82) is 0 Å². The maximum absolute atomic E-state index is 3.72. The van der Waals surface area contributed by atoms with Crippen molar-refractivity contribution in [2.24, 2.45) is 0 Å². The van der Waals surface area contributed by atoms with E-state index in [-0.39, 0.29) is 0 Å². The van der Waals surface area contributed by atoms with E-state index in [4.69, 9.17) is 0 Å². The minimum Gasteiger partial charge on any atom is -0.312 e. The van der Waals surface area contributed by atoms with E-state index >= 15 is 0 Å². The smallest absolute Gasteiger partial charge is 0.0283 e. The van der Waals surface area contributed by atoms with Gasteiger partial charge in [-0.25, -0.2) is 0 Å². The van der Waals surface area contributed by atoms with E-state index in [0.717, 1.165) is 12.1 Å². The molecular weight excluding hydrogens is 192 g/mol. The van der Waals surface area contributed by atoms with Crippen LogP contribution in [0.5, 0.6) is 0 Å². The van der Waals surface area contributed by atoms with E-state index in [1.807, 2.05) is 0 Å². The molecule has 14 heavy (non-hydrogen) atoms. The minimum absolute atomic E-state index is 0.718. The third-order valence-corrected chi connectivity index (χ3v) is 4.39. The van der Waals surface area contributed by atoms with Crippen molar-refractivity contribution in [3.8, 4) is 0 Å². The van der Waals surface area contributed by atoms with Gasteiger partial charge < -0.3 is 10.6 Å². The predicted molar refractivity (Wildman–Crippen MR) is 64.0 cm³/mol. The molecule has 0 aromatic heterocycles. The predicted octanol–water partition coefficient (Wildman–Crippen LogP) is 1.61. The Morgan fingerprint density at radius 1 is 1.21 bits per heavy atom. The maximum atomic E-state index is 3.72. The first kappa shape index (κ1) is 10.8. The lowest BCUT2D eigenvalue weighted by atomic mass is 9.95. The number of rotatable bonds is 3. The van der Waals surface area contributed by atoms with Crippen LogP contribution in [0, 0.1) is 0 Å². The number of thioether (sulfide) groups is 1. The minimum atomic E-state index is 0.718. The topological polar surface area (TPSA) is 24.1 Å². The van der Waals surface area contributed by atoms with Gasteiger partial charge >= 0.3 is 0 Å². The average Bonchev–Trinajstić information content (AvgIpc) is 2.29. The molecule has 0 spiro atoms. The molecule has 2 aliphatic rings. The van der Waals surface area contributed by atoms with Crippen molar-refractivity contribution in [3.63, 3.8) is 0 Å². The molecule has 1 aliphatic carbocycles. The summed E-state index contributed by atoms with van der Waals surface area (Å²) in [6, 6.07) is 1.54. The van der Waals surface area contributed by atoms with Crippen molar-refractivity contribution in [3.05, 3.63) is 0 Å². The lowest BCUT2D eigenvalue weighted by molar-refractivity contribution is 0.358. The second-order valence-corrected chi connectivity index (χ2v) is 5.62. The molecule has 82 valence electrons. The van der Waals surface area contributed by atoms with Crippen molar-refractivity contribution in [1.82, 2.24) is 10.6 Å². The standard InChI is InChI=1S/C11H22N2S/c1-2-4-10(5-3-1)13-8-11-9-14-7-6-12-11/h10-13H,1-9H2. The summed E-state index contributed by atoms with van der Waals surface area (Å²) in [5, 5.41) is 7.29. The van der Waals surface area contributed by atoms with E-state index in [0.29, 0.717) is 0 Å². The molecule has 1 saturated carbocycles. The van der Waals surface area contributed by atoms with Crippen LogP contribution in [0.3, 0.4) is 0 Å². The van der Waals surface area contributed by atoms with Crippen LogP contribution in [0.4, 0.5) is 0 Å². The van der Waals surface area contributed by atoms with Gasteiger partial charge in [0, 0.05) is 36.7 Å². The van der Waals surface area contributed by atoms with Gasteiger partial charge in [0.05, 0.1) is 0 Å². The van der Waals surface area contributed by atoms with Gasteiger partial charge in [-0.2, -0.15) is 11.8 Å². The van der Waals surface area contributed by atoms with Gasteiger partial charge in [0.25, 0.3) is 0 Å². The summed E-state index contributed by atoms with van der Waals surface area (Å²) < 4.78 is 0. The molecule has 0 aromatic rings. The molecule has 0 bridgehead atoms. The molecule has 2 rings (SSSR count). The first-order valence-corrected chi connectivity index (χ1v) is 7.15.